The zero-order valence-corrected chi connectivity index (χ0v) is 14.9. The highest BCUT2D eigenvalue weighted by Crippen LogP contribution is 2.27. The fourth-order valence-corrected chi connectivity index (χ4v) is 2.11. The molecular weight excluding hydrogens is 365 g/mol. The van der Waals surface area contributed by atoms with Crippen LogP contribution in [-0.4, -0.2) is 31.2 Å². The van der Waals surface area contributed by atoms with Gasteiger partial charge in [-0.25, -0.2) is 0 Å². The number of guanidine groups is 1. The SMILES string of the molecule is CN=C(NCC1Cc2ccccc2O1)NC(C)(C)C.I. The van der Waals surface area contributed by atoms with E-state index in [2.05, 4.69) is 48.5 Å². The number of nitrogens with zero attached hydrogens (tertiary/aromatic N) is 1. The lowest BCUT2D eigenvalue weighted by atomic mass is 10.1. The van der Waals surface area contributed by atoms with Crippen LogP contribution in [-0.2, 0) is 6.42 Å². The Morgan fingerprint density at radius 1 is 1.35 bits per heavy atom. The molecule has 0 fully saturated rings. The lowest BCUT2D eigenvalue weighted by molar-refractivity contribution is 0.234. The molecule has 112 valence electrons. The molecule has 0 amide bonds. The summed E-state index contributed by atoms with van der Waals surface area (Å²) in [6.45, 7) is 7.09. The van der Waals surface area contributed by atoms with Crippen LogP contribution in [0.1, 0.15) is 26.3 Å². The van der Waals surface area contributed by atoms with Crippen LogP contribution in [0.3, 0.4) is 0 Å². The molecule has 0 radical (unpaired) electrons. The molecular formula is C15H24IN3O. The van der Waals surface area contributed by atoms with Gasteiger partial charge >= 0.3 is 0 Å². The number of nitrogens with one attached hydrogen (secondary N) is 2. The summed E-state index contributed by atoms with van der Waals surface area (Å²) in [5.41, 5.74) is 1.29. The molecule has 5 heteroatoms. The first kappa shape index (κ1) is 17.1. The Balaban J connectivity index is 0.00000200. The number of halogens is 1. The zero-order chi connectivity index (χ0) is 13.9. The predicted molar refractivity (Wildman–Crippen MR) is 94.2 cm³/mol. The molecule has 1 aliphatic heterocycles. The first-order valence-electron chi connectivity index (χ1n) is 6.71. The Kier molecular flexibility index (Phi) is 6.10. The van der Waals surface area contributed by atoms with Crippen molar-refractivity contribution in [3.63, 3.8) is 0 Å². The van der Waals surface area contributed by atoms with Crippen LogP contribution in [0.5, 0.6) is 5.75 Å². The number of fused-ring (bicyclic) bond motifs is 1. The summed E-state index contributed by atoms with van der Waals surface area (Å²) in [4.78, 5) is 4.22. The highest BCUT2D eigenvalue weighted by molar-refractivity contribution is 14.0. The van der Waals surface area contributed by atoms with Crippen molar-refractivity contribution in [2.24, 2.45) is 4.99 Å². The Labute approximate surface area is 138 Å². The van der Waals surface area contributed by atoms with Crippen molar-refractivity contribution in [3.8, 4) is 5.75 Å². The average molecular weight is 389 g/mol. The highest BCUT2D eigenvalue weighted by atomic mass is 127. The maximum Gasteiger partial charge on any atom is 0.191 e. The van der Waals surface area contributed by atoms with Gasteiger partial charge in [0.2, 0.25) is 0 Å². The molecule has 0 saturated heterocycles. The van der Waals surface area contributed by atoms with Gasteiger partial charge in [-0.3, -0.25) is 4.99 Å². The van der Waals surface area contributed by atoms with E-state index >= 15 is 0 Å². The minimum Gasteiger partial charge on any atom is -0.488 e. The lowest BCUT2D eigenvalue weighted by Crippen LogP contribution is -2.49. The third-order valence-corrected chi connectivity index (χ3v) is 2.93. The number of aliphatic imine (C=N–C) groups is 1. The Morgan fingerprint density at radius 2 is 2.05 bits per heavy atom. The molecule has 4 nitrogen and oxygen atoms in total. The fraction of sp³-hybridized carbons (Fsp3) is 0.533. The van der Waals surface area contributed by atoms with Crippen molar-refractivity contribution < 1.29 is 4.74 Å². The van der Waals surface area contributed by atoms with Gasteiger partial charge in [-0.2, -0.15) is 0 Å². The van der Waals surface area contributed by atoms with Gasteiger partial charge in [0.1, 0.15) is 11.9 Å². The second-order valence-electron chi connectivity index (χ2n) is 5.88. The van der Waals surface area contributed by atoms with Gasteiger partial charge in [0.05, 0.1) is 6.54 Å². The van der Waals surface area contributed by atoms with Crippen molar-refractivity contribution in [1.29, 1.82) is 0 Å². The molecule has 1 heterocycles. The first-order valence-corrected chi connectivity index (χ1v) is 6.71. The van der Waals surface area contributed by atoms with Crippen molar-refractivity contribution in [1.82, 2.24) is 10.6 Å². The first-order chi connectivity index (χ1) is 8.98. The maximum absolute atomic E-state index is 5.89. The summed E-state index contributed by atoms with van der Waals surface area (Å²) >= 11 is 0. The number of hydrogen-bond acceptors (Lipinski definition) is 2. The van der Waals surface area contributed by atoms with E-state index in [1.807, 2.05) is 12.1 Å². The van der Waals surface area contributed by atoms with Gasteiger partial charge in [0.25, 0.3) is 0 Å². The standard InChI is InChI=1S/C15H23N3O.HI/c1-15(2,3)18-14(16-4)17-10-12-9-11-7-5-6-8-13(11)19-12;/h5-8,12H,9-10H2,1-4H3,(H2,16,17,18);1H. The number of hydrogen-bond donors (Lipinski definition) is 2. The summed E-state index contributed by atoms with van der Waals surface area (Å²) in [5, 5.41) is 6.65. The largest absolute Gasteiger partial charge is 0.488 e. The molecule has 0 saturated carbocycles. The molecule has 0 spiro atoms. The van der Waals surface area contributed by atoms with Crippen LogP contribution in [0, 0.1) is 0 Å². The third-order valence-electron chi connectivity index (χ3n) is 2.93. The zero-order valence-electron chi connectivity index (χ0n) is 12.6. The van der Waals surface area contributed by atoms with Gasteiger partial charge in [-0.1, -0.05) is 18.2 Å². The molecule has 0 bridgehead atoms. The molecule has 1 unspecified atom stereocenters. The summed E-state index contributed by atoms with van der Waals surface area (Å²) < 4.78 is 5.89. The fourth-order valence-electron chi connectivity index (χ4n) is 2.11. The van der Waals surface area contributed by atoms with Crippen LogP contribution in [0.15, 0.2) is 29.3 Å². The van der Waals surface area contributed by atoms with Crippen molar-refractivity contribution in [2.75, 3.05) is 13.6 Å². The van der Waals surface area contributed by atoms with Crippen LogP contribution >= 0.6 is 24.0 Å². The molecule has 2 rings (SSSR count). The van der Waals surface area contributed by atoms with E-state index in [1.54, 1.807) is 7.05 Å². The summed E-state index contributed by atoms with van der Waals surface area (Å²) in [6.07, 6.45) is 1.13. The van der Waals surface area contributed by atoms with E-state index in [9.17, 15) is 0 Å². The monoisotopic (exact) mass is 389 g/mol. The molecule has 1 aromatic rings. The van der Waals surface area contributed by atoms with E-state index in [-0.39, 0.29) is 35.6 Å². The summed E-state index contributed by atoms with van der Waals surface area (Å²) in [5.74, 6) is 1.82. The van der Waals surface area contributed by atoms with Crippen molar-refractivity contribution in [3.05, 3.63) is 29.8 Å². The topological polar surface area (TPSA) is 45.7 Å². The predicted octanol–water partition coefficient (Wildman–Crippen LogP) is 2.57. The summed E-state index contributed by atoms with van der Waals surface area (Å²) in [6, 6.07) is 8.21. The van der Waals surface area contributed by atoms with Crippen LogP contribution < -0.4 is 15.4 Å². The molecule has 20 heavy (non-hydrogen) atoms. The highest BCUT2D eigenvalue weighted by Gasteiger charge is 2.22. The molecule has 1 atom stereocenters. The van der Waals surface area contributed by atoms with E-state index in [1.165, 1.54) is 5.56 Å². The Hall–Kier alpha value is -0.980. The summed E-state index contributed by atoms with van der Waals surface area (Å²) in [7, 11) is 1.78. The number of rotatable bonds is 2. The van der Waals surface area contributed by atoms with Crippen molar-refractivity contribution >= 4 is 29.9 Å². The number of para-hydroxylation sites is 1. The third kappa shape index (κ3) is 4.85. The van der Waals surface area contributed by atoms with Gasteiger partial charge in [0, 0.05) is 19.0 Å². The van der Waals surface area contributed by atoms with Gasteiger partial charge < -0.3 is 15.4 Å². The van der Waals surface area contributed by atoms with E-state index in [4.69, 9.17) is 4.74 Å². The number of ether oxygens (including phenoxy) is 1. The average Bonchev–Trinajstić information content (AvgIpc) is 2.75. The van der Waals surface area contributed by atoms with Gasteiger partial charge in [-0.15, -0.1) is 24.0 Å². The molecule has 1 aliphatic rings. The van der Waals surface area contributed by atoms with Crippen LogP contribution in [0.4, 0.5) is 0 Å². The van der Waals surface area contributed by atoms with E-state index in [0.29, 0.717) is 0 Å². The van der Waals surface area contributed by atoms with Gasteiger partial charge in [0.15, 0.2) is 5.96 Å². The van der Waals surface area contributed by atoms with Crippen LogP contribution in [0.25, 0.3) is 0 Å². The minimum absolute atomic E-state index is 0. The molecule has 0 aliphatic carbocycles. The van der Waals surface area contributed by atoms with Crippen LogP contribution in [0.2, 0.25) is 0 Å². The Morgan fingerprint density at radius 3 is 2.65 bits per heavy atom. The second-order valence-corrected chi connectivity index (χ2v) is 5.88. The minimum atomic E-state index is 0. The molecule has 0 aromatic heterocycles. The lowest BCUT2D eigenvalue weighted by Gasteiger charge is -2.24. The van der Waals surface area contributed by atoms with E-state index in [0.717, 1.165) is 24.7 Å². The maximum atomic E-state index is 5.89. The van der Waals surface area contributed by atoms with E-state index < -0.39 is 0 Å². The second kappa shape index (κ2) is 7.15. The smallest absolute Gasteiger partial charge is 0.191 e. The molecule has 2 N–H and O–H groups in total. The van der Waals surface area contributed by atoms with Gasteiger partial charge in [-0.05, 0) is 32.4 Å². The Bertz CT molecular complexity index is 443. The van der Waals surface area contributed by atoms with Crippen molar-refractivity contribution in [2.45, 2.75) is 38.8 Å². The normalized spacial score (nSPS) is 17.8. The quantitative estimate of drug-likeness (QED) is 0.464. The number of benzene rings is 1. The molecule has 1 aromatic carbocycles.